The number of carbonyl (C=O) groups is 2. The fraction of sp³-hybridized carbons (Fsp3) is 0.0500. The molecule has 4 nitrogen and oxygen atoms in total. The standard InChI is InChI=1S/C20H15ClN2O2S/c1-2-11-23-19(25)17(18(24)22-20(23)26)12-14-5-3-4-6-16(14)13-7-9-15(21)10-8-13/h2-10,12H,1,11H2,(H,22,24,26). The van der Waals surface area contributed by atoms with E-state index >= 15 is 0 Å². The molecule has 26 heavy (non-hydrogen) atoms. The molecule has 2 aromatic rings. The zero-order valence-corrected chi connectivity index (χ0v) is 15.3. The highest BCUT2D eigenvalue weighted by Gasteiger charge is 2.32. The normalized spacial score (nSPS) is 16.0. The van der Waals surface area contributed by atoms with Gasteiger partial charge in [-0.1, -0.05) is 54.1 Å². The highest BCUT2D eigenvalue weighted by atomic mass is 35.5. The molecule has 1 heterocycles. The van der Waals surface area contributed by atoms with Crippen LogP contribution in [0.3, 0.4) is 0 Å². The third-order valence-corrected chi connectivity index (χ3v) is 4.49. The molecule has 1 N–H and O–H groups in total. The van der Waals surface area contributed by atoms with Crippen molar-refractivity contribution in [1.82, 2.24) is 10.2 Å². The molecular formula is C20H15ClN2O2S. The van der Waals surface area contributed by atoms with Crippen LogP contribution in [-0.4, -0.2) is 28.4 Å². The van der Waals surface area contributed by atoms with E-state index in [1.807, 2.05) is 36.4 Å². The van der Waals surface area contributed by atoms with Gasteiger partial charge in [0.1, 0.15) is 5.57 Å². The maximum atomic E-state index is 12.7. The monoisotopic (exact) mass is 382 g/mol. The number of carbonyl (C=O) groups excluding carboxylic acids is 2. The minimum absolute atomic E-state index is 0.0295. The summed E-state index contributed by atoms with van der Waals surface area (Å²) in [5.41, 5.74) is 2.60. The summed E-state index contributed by atoms with van der Waals surface area (Å²) in [7, 11) is 0. The molecule has 3 rings (SSSR count). The van der Waals surface area contributed by atoms with Crippen molar-refractivity contribution in [2.24, 2.45) is 0 Å². The van der Waals surface area contributed by atoms with Crippen molar-refractivity contribution in [2.75, 3.05) is 6.54 Å². The second-order valence-corrected chi connectivity index (χ2v) is 6.44. The lowest BCUT2D eigenvalue weighted by molar-refractivity contribution is -0.128. The van der Waals surface area contributed by atoms with E-state index in [0.29, 0.717) is 5.02 Å². The van der Waals surface area contributed by atoms with Crippen LogP contribution in [0.5, 0.6) is 0 Å². The zero-order chi connectivity index (χ0) is 18.7. The van der Waals surface area contributed by atoms with Crippen LogP contribution in [0.15, 0.2) is 66.8 Å². The molecule has 0 atom stereocenters. The molecule has 0 bridgehead atoms. The van der Waals surface area contributed by atoms with Gasteiger partial charge in [0.05, 0.1) is 0 Å². The predicted molar refractivity (Wildman–Crippen MR) is 108 cm³/mol. The molecule has 0 spiro atoms. The lowest BCUT2D eigenvalue weighted by Crippen LogP contribution is -2.53. The molecule has 0 unspecified atom stereocenters. The number of amides is 2. The molecule has 0 aromatic heterocycles. The lowest BCUT2D eigenvalue weighted by Gasteiger charge is -2.27. The molecule has 1 aliphatic rings. The van der Waals surface area contributed by atoms with E-state index in [-0.39, 0.29) is 17.2 Å². The number of hydrogen-bond donors (Lipinski definition) is 1. The van der Waals surface area contributed by atoms with Crippen LogP contribution in [-0.2, 0) is 9.59 Å². The van der Waals surface area contributed by atoms with Crippen molar-refractivity contribution >= 4 is 46.8 Å². The number of thiocarbonyl (C=S) groups is 1. The second kappa shape index (κ2) is 7.64. The summed E-state index contributed by atoms with van der Waals surface area (Å²) in [4.78, 5) is 26.3. The first-order chi connectivity index (χ1) is 12.5. The van der Waals surface area contributed by atoms with E-state index in [1.54, 1.807) is 24.3 Å². The summed E-state index contributed by atoms with van der Waals surface area (Å²) in [6.07, 6.45) is 3.14. The molecule has 130 valence electrons. The Morgan fingerprint density at radius 1 is 1.12 bits per heavy atom. The van der Waals surface area contributed by atoms with E-state index in [0.717, 1.165) is 16.7 Å². The molecule has 0 saturated carbocycles. The van der Waals surface area contributed by atoms with E-state index in [9.17, 15) is 9.59 Å². The van der Waals surface area contributed by atoms with Gasteiger partial charge in [0, 0.05) is 11.6 Å². The summed E-state index contributed by atoms with van der Waals surface area (Å²) >= 11 is 11.0. The zero-order valence-electron chi connectivity index (χ0n) is 13.7. The Bertz CT molecular complexity index is 935. The Labute approximate surface area is 161 Å². The average Bonchev–Trinajstić information content (AvgIpc) is 2.63. The van der Waals surface area contributed by atoms with Gasteiger partial charge in [0.25, 0.3) is 11.8 Å². The van der Waals surface area contributed by atoms with Crippen molar-refractivity contribution in [1.29, 1.82) is 0 Å². The number of nitrogens with zero attached hydrogens (tertiary/aromatic N) is 1. The highest BCUT2D eigenvalue weighted by Crippen LogP contribution is 2.27. The van der Waals surface area contributed by atoms with Crippen LogP contribution in [0.4, 0.5) is 0 Å². The van der Waals surface area contributed by atoms with Crippen LogP contribution in [0.2, 0.25) is 5.02 Å². The first kappa shape index (κ1) is 18.0. The smallest absolute Gasteiger partial charge is 0.265 e. The Morgan fingerprint density at radius 3 is 2.50 bits per heavy atom. The predicted octanol–water partition coefficient (Wildman–Crippen LogP) is 3.82. The van der Waals surface area contributed by atoms with Crippen LogP contribution < -0.4 is 5.32 Å². The minimum atomic E-state index is -0.508. The fourth-order valence-electron chi connectivity index (χ4n) is 2.66. The van der Waals surface area contributed by atoms with Crippen molar-refractivity contribution in [3.8, 4) is 11.1 Å². The van der Waals surface area contributed by atoms with Gasteiger partial charge in [-0.25, -0.2) is 0 Å². The molecule has 2 amide bonds. The second-order valence-electron chi connectivity index (χ2n) is 5.62. The van der Waals surface area contributed by atoms with Gasteiger partial charge in [0.15, 0.2) is 5.11 Å². The Morgan fingerprint density at radius 2 is 1.81 bits per heavy atom. The van der Waals surface area contributed by atoms with Crippen LogP contribution >= 0.6 is 23.8 Å². The third-order valence-electron chi connectivity index (χ3n) is 3.91. The number of nitrogens with one attached hydrogen (secondary N) is 1. The molecule has 6 heteroatoms. The maximum Gasteiger partial charge on any atom is 0.265 e. The fourth-order valence-corrected chi connectivity index (χ4v) is 3.04. The Hall–Kier alpha value is -2.76. The molecule has 1 fully saturated rings. The SMILES string of the molecule is C=CCN1C(=O)C(=Cc2ccccc2-c2ccc(Cl)cc2)C(=O)NC1=S. The molecule has 1 aliphatic heterocycles. The molecule has 0 aliphatic carbocycles. The lowest BCUT2D eigenvalue weighted by atomic mass is 9.97. The molecule has 2 aromatic carbocycles. The van der Waals surface area contributed by atoms with Crippen LogP contribution in [0.1, 0.15) is 5.56 Å². The summed E-state index contributed by atoms with van der Waals surface area (Å²) in [5.74, 6) is -0.948. The van der Waals surface area contributed by atoms with Gasteiger partial charge < -0.3 is 0 Å². The van der Waals surface area contributed by atoms with Gasteiger partial charge in [-0.2, -0.15) is 0 Å². The van der Waals surface area contributed by atoms with E-state index < -0.39 is 11.8 Å². The van der Waals surface area contributed by atoms with Crippen molar-refractivity contribution < 1.29 is 9.59 Å². The summed E-state index contributed by atoms with van der Waals surface area (Å²) in [6, 6.07) is 14.9. The summed E-state index contributed by atoms with van der Waals surface area (Å²) in [5, 5.41) is 3.27. The van der Waals surface area contributed by atoms with Gasteiger partial charge in [0.2, 0.25) is 0 Å². The Balaban J connectivity index is 2.05. The van der Waals surface area contributed by atoms with E-state index in [4.69, 9.17) is 23.8 Å². The van der Waals surface area contributed by atoms with Crippen LogP contribution in [0, 0.1) is 0 Å². The number of rotatable bonds is 4. The molecular weight excluding hydrogens is 368 g/mol. The Kier molecular flexibility index (Phi) is 5.30. The van der Waals surface area contributed by atoms with E-state index in [2.05, 4.69) is 11.9 Å². The minimum Gasteiger partial charge on any atom is -0.298 e. The first-order valence-electron chi connectivity index (χ1n) is 7.86. The summed E-state index contributed by atoms with van der Waals surface area (Å²) < 4.78 is 0. The number of halogens is 1. The van der Waals surface area contributed by atoms with Crippen molar-refractivity contribution in [3.05, 3.63) is 77.3 Å². The average molecular weight is 383 g/mol. The van der Waals surface area contributed by atoms with Gasteiger partial charge >= 0.3 is 0 Å². The highest BCUT2D eigenvalue weighted by molar-refractivity contribution is 7.80. The number of hydrogen-bond acceptors (Lipinski definition) is 3. The van der Waals surface area contributed by atoms with Crippen LogP contribution in [0.25, 0.3) is 17.2 Å². The maximum absolute atomic E-state index is 12.7. The van der Waals surface area contributed by atoms with Gasteiger partial charge in [-0.15, -0.1) is 6.58 Å². The quantitative estimate of drug-likeness (QED) is 0.378. The third kappa shape index (κ3) is 3.59. The topological polar surface area (TPSA) is 49.4 Å². The van der Waals surface area contributed by atoms with Crippen molar-refractivity contribution in [3.63, 3.8) is 0 Å². The van der Waals surface area contributed by atoms with Gasteiger partial charge in [-0.05, 0) is 47.1 Å². The van der Waals surface area contributed by atoms with Gasteiger partial charge in [-0.3, -0.25) is 19.8 Å². The van der Waals surface area contributed by atoms with Crippen molar-refractivity contribution in [2.45, 2.75) is 0 Å². The molecule has 1 saturated heterocycles. The van der Waals surface area contributed by atoms with E-state index in [1.165, 1.54) is 4.90 Å². The number of benzene rings is 2. The molecule has 0 radical (unpaired) electrons. The summed E-state index contributed by atoms with van der Waals surface area (Å²) in [6.45, 7) is 3.85. The first-order valence-corrected chi connectivity index (χ1v) is 8.64. The largest absolute Gasteiger partial charge is 0.298 e.